The molecule has 1 amide bonds. The summed E-state index contributed by atoms with van der Waals surface area (Å²) in [6.45, 7) is 0.966. The molecule has 3 rings (SSSR count). The van der Waals surface area contributed by atoms with Crippen LogP contribution in [0.4, 0.5) is 10.2 Å². The monoisotopic (exact) mass is 289 g/mol. The third kappa shape index (κ3) is 2.89. The molecular formula is C15H16FN3O2. The highest BCUT2D eigenvalue weighted by Gasteiger charge is 2.32. The van der Waals surface area contributed by atoms with Gasteiger partial charge in [-0.3, -0.25) is 4.79 Å². The Balaban J connectivity index is 1.69. The lowest BCUT2D eigenvalue weighted by atomic mass is 10.2. The number of nitrogens with one attached hydrogen (secondary N) is 1. The topological polar surface area (TPSA) is 58.4 Å². The average Bonchev–Trinajstić information content (AvgIpc) is 3.16. The number of hydrogen-bond acceptors (Lipinski definition) is 4. The molecule has 21 heavy (non-hydrogen) atoms. The average molecular weight is 289 g/mol. The molecule has 0 aliphatic carbocycles. The van der Waals surface area contributed by atoms with Crippen LogP contribution in [0.2, 0.25) is 0 Å². The molecule has 110 valence electrons. The minimum Gasteiger partial charge on any atom is -0.467 e. The Kier molecular flexibility index (Phi) is 3.85. The summed E-state index contributed by atoms with van der Waals surface area (Å²) in [6, 6.07) is 6.08. The van der Waals surface area contributed by atoms with Crippen molar-refractivity contribution in [1.29, 1.82) is 0 Å². The molecule has 1 aliphatic heterocycles. The van der Waals surface area contributed by atoms with Gasteiger partial charge in [0.15, 0.2) is 11.6 Å². The van der Waals surface area contributed by atoms with Crippen LogP contribution in [0.5, 0.6) is 0 Å². The summed E-state index contributed by atoms with van der Waals surface area (Å²) in [5.41, 5.74) is 0. The van der Waals surface area contributed by atoms with E-state index >= 15 is 0 Å². The molecular weight excluding hydrogens is 273 g/mol. The molecule has 2 aromatic heterocycles. The summed E-state index contributed by atoms with van der Waals surface area (Å²) in [4.78, 5) is 18.1. The number of hydrogen-bond donors (Lipinski definition) is 1. The number of rotatable bonds is 4. The van der Waals surface area contributed by atoms with Crippen molar-refractivity contribution in [3.63, 3.8) is 0 Å². The largest absolute Gasteiger partial charge is 0.467 e. The van der Waals surface area contributed by atoms with E-state index in [9.17, 15) is 9.18 Å². The lowest BCUT2D eigenvalue weighted by Gasteiger charge is -2.24. The van der Waals surface area contributed by atoms with E-state index in [-0.39, 0.29) is 17.8 Å². The quantitative estimate of drug-likeness (QED) is 0.936. The second-order valence-electron chi connectivity index (χ2n) is 4.96. The van der Waals surface area contributed by atoms with E-state index in [1.54, 1.807) is 29.4 Å². The van der Waals surface area contributed by atoms with Crippen LogP contribution in [0.3, 0.4) is 0 Å². The van der Waals surface area contributed by atoms with Crippen LogP contribution in [0.15, 0.2) is 41.1 Å². The van der Waals surface area contributed by atoms with Crippen LogP contribution in [-0.2, 0) is 11.3 Å². The first-order valence-corrected chi connectivity index (χ1v) is 6.93. The van der Waals surface area contributed by atoms with E-state index in [0.29, 0.717) is 25.3 Å². The Bertz CT molecular complexity index is 615. The lowest BCUT2D eigenvalue weighted by Crippen LogP contribution is -2.43. The van der Waals surface area contributed by atoms with Crippen molar-refractivity contribution in [1.82, 2.24) is 10.3 Å². The zero-order valence-corrected chi connectivity index (χ0v) is 11.5. The SMILES string of the molecule is O=C(NCc1ccco1)C1CCCN1c1ncccc1F. The number of nitrogens with zero attached hydrogens (tertiary/aromatic N) is 2. The Morgan fingerprint density at radius 1 is 1.48 bits per heavy atom. The van der Waals surface area contributed by atoms with Gasteiger partial charge < -0.3 is 14.6 Å². The lowest BCUT2D eigenvalue weighted by molar-refractivity contribution is -0.122. The van der Waals surface area contributed by atoms with Gasteiger partial charge in [-0.1, -0.05) is 0 Å². The maximum Gasteiger partial charge on any atom is 0.243 e. The van der Waals surface area contributed by atoms with Gasteiger partial charge in [0.1, 0.15) is 11.8 Å². The number of pyridine rings is 1. The van der Waals surface area contributed by atoms with Crippen LogP contribution >= 0.6 is 0 Å². The summed E-state index contributed by atoms with van der Waals surface area (Å²) in [5, 5.41) is 2.82. The first-order valence-electron chi connectivity index (χ1n) is 6.93. The molecule has 3 heterocycles. The van der Waals surface area contributed by atoms with Gasteiger partial charge in [-0.2, -0.15) is 0 Å². The standard InChI is InChI=1S/C15H16FN3O2/c16-12-5-1-7-17-14(12)19-8-2-6-13(19)15(20)18-10-11-4-3-9-21-11/h1,3-5,7,9,13H,2,6,8,10H2,(H,18,20). The Labute approximate surface area is 121 Å². The molecule has 0 bridgehead atoms. The molecule has 0 aromatic carbocycles. The minimum absolute atomic E-state index is 0.131. The highest BCUT2D eigenvalue weighted by Crippen LogP contribution is 2.25. The highest BCUT2D eigenvalue weighted by atomic mass is 19.1. The van der Waals surface area contributed by atoms with Crippen LogP contribution in [0.1, 0.15) is 18.6 Å². The minimum atomic E-state index is -0.400. The summed E-state index contributed by atoms with van der Waals surface area (Å²) >= 11 is 0. The Morgan fingerprint density at radius 3 is 3.14 bits per heavy atom. The molecule has 2 aromatic rings. The normalized spacial score (nSPS) is 18.0. The Hall–Kier alpha value is -2.37. The van der Waals surface area contributed by atoms with Gasteiger partial charge in [0, 0.05) is 12.7 Å². The van der Waals surface area contributed by atoms with E-state index in [0.717, 1.165) is 6.42 Å². The third-order valence-corrected chi connectivity index (χ3v) is 3.58. The van der Waals surface area contributed by atoms with E-state index in [1.807, 2.05) is 0 Å². The molecule has 0 saturated carbocycles. The molecule has 6 heteroatoms. The summed E-state index contributed by atoms with van der Waals surface area (Å²) in [6.07, 6.45) is 4.63. The number of carbonyl (C=O) groups is 1. The summed E-state index contributed by atoms with van der Waals surface area (Å²) < 4.78 is 19.0. The first kappa shape index (κ1) is 13.6. The van der Waals surface area contributed by atoms with Crippen molar-refractivity contribution >= 4 is 11.7 Å². The van der Waals surface area contributed by atoms with Gasteiger partial charge in [0.2, 0.25) is 5.91 Å². The van der Waals surface area contributed by atoms with Crippen LogP contribution in [0, 0.1) is 5.82 Å². The smallest absolute Gasteiger partial charge is 0.243 e. The maximum absolute atomic E-state index is 13.8. The van der Waals surface area contributed by atoms with Crippen LogP contribution in [-0.4, -0.2) is 23.5 Å². The van der Waals surface area contributed by atoms with Crippen molar-refractivity contribution < 1.29 is 13.6 Å². The molecule has 1 fully saturated rings. The molecule has 1 atom stereocenters. The van der Waals surface area contributed by atoms with Crippen molar-refractivity contribution in [3.8, 4) is 0 Å². The predicted octanol–water partition coefficient (Wildman–Crippen LogP) is 2.10. The molecule has 1 unspecified atom stereocenters. The second kappa shape index (κ2) is 5.95. The molecule has 1 saturated heterocycles. The van der Waals surface area contributed by atoms with E-state index in [1.165, 1.54) is 12.3 Å². The van der Waals surface area contributed by atoms with Crippen LogP contribution in [0.25, 0.3) is 0 Å². The van der Waals surface area contributed by atoms with E-state index in [2.05, 4.69) is 10.3 Å². The number of amides is 1. The van der Waals surface area contributed by atoms with Gasteiger partial charge in [-0.25, -0.2) is 9.37 Å². The van der Waals surface area contributed by atoms with E-state index < -0.39 is 5.82 Å². The molecule has 1 N–H and O–H groups in total. The van der Waals surface area contributed by atoms with Crippen molar-refractivity contribution in [2.24, 2.45) is 0 Å². The van der Waals surface area contributed by atoms with Gasteiger partial charge >= 0.3 is 0 Å². The van der Waals surface area contributed by atoms with Gasteiger partial charge in [-0.15, -0.1) is 0 Å². The number of aromatic nitrogens is 1. The first-order chi connectivity index (χ1) is 10.3. The number of anilines is 1. The van der Waals surface area contributed by atoms with Crippen LogP contribution < -0.4 is 10.2 Å². The van der Waals surface area contributed by atoms with Crippen molar-refractivity contribution in [2.45, 2.75) is 25.4 Å². The fraction of sp³-hybridized carbons (Fsp3) is 0.333. The fourth-order valence-corrected chi connectivity index (χ4v) is 2.59. The second-order valence-corrected chi connectivity index (χ2v) is 4.96. The van der Waals surface area contributed by atoms with Crippen molar-refractivity contribution in [3.05, 3.63) is 48.3 Å². The number of halogens is 1. The van der Waals surface area contributed by atoms with Gasteiger partial charge in [-0.05, 0) is 37.1 Å². The molecule has 5 nitrogen and oxygen atoms in total. The molecule has 0 radical (unpaired) electrons. The van der Waals surface area contributed by atoms with Gasteiger partial charge in [0.05, 0.1) is 12.8 Å². The third-order valence-electron chi connectivity index (χ3n) is 3.58. The highest BCUT2D eigenvalue weighted by molar-refractivity contribution is 5.85. The maximum atomic E-state index is 13.8. The number of furan rings is 1. The van der Waals surface area contributed by atoms with Gasteiger partial charge in [0.25, 0.3) is 0 Å². The van der Waals surface area contributed by atoms with Crippen molar-refractivity contribution in [2.75, 3.05) is 11.4 Å². The molecule has 1 aliphatic rings. The summed E-state index contributed by atoms with van der Waals surface area (Å²) in [5.74, 6) is 0.405. The predicted molar refractivity (Wildman–Crippen MR) is 75.1 cm³/mol. The number of carbonyl (C=O) groups excluding carboxylic acids is 1. The summed E-state index contributed by atoms with van der Waals surface area (Å²) in [7, 11) is 0. The zero-order chi connectivity index (χ0) is 14.7. The fourth-order valence-electron chi connectivity index (χ4n) is 2.59. The van der Waals surface area contributed by atoms with E-state index in [4.69, 9.17) is 4.42 Å². The zero-order valence-electron chi connectivity index (χ0n) is 11.5. The molecule has 0 spiro atoms. The Morgan fingerprint density at radius 2 is 2.38 bits per heavy atom.